The predicted octanol–water partition coefficient (Wildman–Crippen LogP) is 8.26. The summed E-state index contributed by atoms with van der Waals surface area (Å²) in [6.45, 7) is 3.34. The maximum atomic E-state index is 5.79. The van der Waals surface area contributed by atoms with E-state index < -0.39 is 8.80 Å². The van der Waals surface area contributed by atoms with E-state index in [1.54, 1.807) is 21.3 Å². The average molecular weight is 496 g/mol. The summed E-state index contributed by atoms with van der Waals surface area (Å²) < 4.78 is 17.4. The third-order valence-corrected chi connectivity index (χ3v) is 9.97. The van der Waals surface area contributed by atoms with E-state index in [4.69, 9.17) is 13.3 Å². The highest BCUT2D eigenvalue weighted by atomic mass is 35.5. The number of hydrogen-bond acceptors (Lipinski definition) is 4. The number of halogens is 1. The van der Waals surface area contributed by atoms with Crippen LogP contribution in [-0.2, 0) is 13.3 Å². The van der Waals surface area contributed by atoms with Crippen LogP contribution in [0.3, 0.4) is 0 Å². The van der Waals surface area contributed by atoms with Crippen LogP contribution in [0.5, 0.6) is 0 Å². The standard InChI is InChI=1S/C26H57NO3Si.ClH/c1-7-8-9-10-11-12-13-14-15-16-17-18-19-20-21-22-23-26(24-25-27(2)3)31(28-4,29-5)30-6;/h26H,7-25H2,1-6H3;1H. The van der Waals surface area contributed by atoms with Gasteiger partial charge < -0.3 is 18.2 Å². The molecule has 1 atom stereocenters. The van der Waals surface area contributed by atoms with E-state index in [1.165, 1.54) is 103 Å². The molecule has 0 aliphatic rings. The largest absolute Gasteiger partial charge is 0.503 e. The van der Waals surface area contributed by atoms with E-state index in [0.29, 0.717) is 5.54 Å². The first-order valence-corrected chi connectivity index (χ1v) is 15.2. The topological polar surface area (TPSA) is 30.9 Å². The van der Waals surface area contributed by atoms with Gasteiger partial charge in [0, 0.05) is 26.9 Å². The van der Waals surface area contributed by atoms with Crippen LogP contribution in [0.1, 0.15) is 122 Å². The minimum atomic E-state index is -2.55. The molecule has 1 unspecified atom stereocenters. The van der Waals surface area contributed by atoms with Crippen molar-refractivity contribution in [1.82, 2.24) is 4.90 Å². The SMILES string of the molecule is CCCCCCCCCCCCCCCCCCC(CCN(C)C)[Si](OC)(OC)OC.Cl. The van der Waals surface area contributed by atoms with Gasteiger partial charge in [0.15, 0.2) is 0 Å². The maximum Gasteiger partial charge on any atom is 0.503 e. The summed E-state index contributed by atoms with van der Waals surface area (Å²) in [6, 6.07) is 0. The van der Waals surface area contributed by atoms with Crippen LogP contribution in [0, 0.1) is 0 Å². The molecule has 0 N–H and O–H groups in total. The molecule has 6 heteroatoms. The summed E-state index contributed by atoms with van der Waals surface area (Å²) in [4.78, 5) is 2.24. The molecule has 32 heavy (non-hydrogen) atoms. The number of unbranched alkanes of at least 4 members (excludes halogenated alkanes) is 15. The first-order valence-electron chi connectivity index (χ1n) is 13.4. The van der Waals surface area contributed by atoms with Crippen molar-refractivity contribution >= 4 is 21.2 Å². The Bertz CT molecular complexity index is 363. The van der Waals surface area contributed by atoms with E-state index in [9.17, 15) is 0 Å². The van der Waals surface area contributed by atoms with Gasteiger partial charge >= 0.3 is 8.80 Å². The van der Waals surface area contributed by atoms with Gasteiger partial charge in [0.05, 0.1) is 0 Å². The van der Waals surface area contributed by atoms with Crippen molar-refractivity contribution in [2.45, 2.75) is 128 Å². The molecule has 0 aliphatic carbocycles. The van der Waals surface area contributed by atoms with Gasteiger partial charge in [-0.05, 0) is 33.5 Å². The van der Waals surface area contributed by atoms with Crippen molar-refractivity contribution in [3.8, 4) is 0 Å². The van der Waals surface area contributed by atoms with Gasteiger partial charge in [0.1, 0.15) is 0 Å². The molecule has 0 radical (unpaired) electrons. The Kier molecular flexibility index (Phi) is 26.4. The fraction of sp³-hybridized carbons (Fsp3) is 1.00. The van der Waals surface area contributed by atoms with Crippen molar-refractivity contribution in [3.63, 3.8) is 0 Å². The first-order chi connectivity index (χ1) is 15.1. The van der Waals surface area contributed by atoms with Crippen molar-refractivity contribution < 1.29 is 13.3 Å². The van der Waals surface area contributed by atoms with Crippen LogP contribution >= 0.6 is 12.4 Å². The Balaban J connectivity index is 0. The van der Waals surface area contributed by atoms with Gasteiger partial charge in [-0.2, -0.15) is 0 Å². The third-order valence-electron chi connectivity index (χ3n) is 6.68. The highest BCUT2D eigenvalue weighted by Gasteiger charge is 2.46. The summed E-state index contributed by atoms with van der Waals surface area (Å²) in [6.07, 6.45) is 24.8. The number of nitrogens with zero attached hydrogens (tertiary/aromatic N) is 1. The Hall–Kier alpha value is 0.347. The van der Waals surface area contributed by atoms with Crippen LogP contribution in [0.15, 0.2) is 0 Å². The summed E-state index contributed by atoms with van der Waals surface area (Å²) in [7, 11) is 6.94. The minimum absolute atomic E-state index is 0. The van der Waals surface area contributed by atoms with Crippen LogP contribution in [-0.4, -0.2) is 55.7 Å². The Morgan fingerprint density at radius 2 is 0.906 bits per heavy atom. The molecular weight excluding hydrogens is 438 g/mol. The molecule has 0 fully saturated rings. The molecule has 0 aromatic heterocycles. The van der Waals surface area contributed by atoms with Crippen molar-refractivity contribution in [2.24, 2.45) is 0 Å². The van der Waals surface area contributed by atoms with Crippen LogP contribution in [0.4, 0.5) is 0 Å². The second-order valence-corrected chi connectivity index (χ2v) is 12.8. The predicted molar refractivity (Wildman–Crippen MR) is 145 cm³/mol. The fourth-order valence-corrected chi connectivity index (χ4v) is 7.14. The molecule has 0 aliphatic heterocycles. The van der Waals surface area contributed by atoms with Crippen molar-refractivity contribution in [1.29, 1.82) is 0 Å². The lowest BCUT2D eigenvalue weighted by molar-refractivity contribution is 0.106. The molecule has 0 rings (SSSR count). The zero-order valence-electron chi connectivity index (χ0n) is 22.6. The second-order valence-electron chi connectivity index (χ2n) is 9.60. The fourth-order valence-electron chi connectivity index (χ4n) is 4.60. The number of rotatable bonds is 24. The molecule has 0 spiro atoms. The van der Waals surface area contributed by atoms with E-state index in [-0.39, 0.29) is 12.4 Å². The summed E-state index contributed by atoms with van der Waals surface area (Å²) >= 11 is 0. The van der Waals surface area contributed by atoms with Gasteiger partial charge in [0.2, 0.25) is 0 Å². The maximum absolute atomic E-state index is 5.79. The average Bonchev–Trinajstić information content (AvgIpc) is 2.77. The zero-order valence-corrected chi connectivity index (χ0v) is 24.4. The van der Waals surface area contributed by atoms with Crippen molar-refractivity contribution in [2.75, 3.05) is 42.0 Å². The lowest BCUT2D eigenvalue weighted by Gasteiger charge is -2.33. The van der Waals surface area contributed by atoms with E-state index in [0.717, 1.165) is 19.4 Å². The third kappa shape index (κ3) is 17.8. The van der Waals surface area contributed by atoms with E-state index in [2.05, 4.69) is 25.9 Å². The number of hydrogen-bond donors (Lipinski definition) is 0. The summed E-state index contributed by atoms with van der Waals surface area (Å²) in [5.41, 5.74) is 0.390. The lowest BCUT2D eigenvalue weighted by atomic mass is 10.0. The Morgan fingerprint density at radius 1 is 0.562 bits per heavy atom. The zero-order chi connectivity index (χ0) is 23.2. The molecule has 0 heterocycles. The second kappa shape index (κ2) is 24.5. The smallest absolute Gasteiger partial charge is 0.377 e. The lowest BCUT2D eigenvalue weighted by Crippen LogP contribution is -2.48. The van der Waals surface area contributed by atoms with E-state index in [1.807, 2.05) is 0 Å². The van der Waals surface area contributed by atoms with Crippen LogP contribution in [0.25, 0.3) is 0 Å². The van der Waals surface area contributed by atoms with Gasteiger partial charge in [-0.1, -0.05) is 110 Å². The van der Waals surface area contributed by atoms with Crippen molar-refractivity contribution in [3.05, 3.63) is 0 Å². The Morgan fingerprint density at radius 3 is 1.22 bits per heavy atom. The monoisotopic (exact) mass is 495 g/mol. The normalized spacial score (nSPS) is 12.8. The minimum Gasteiger partial charge on any atom is -0.377 e. The molecule has 0 saturated carbocycles. The van der Waals surface area contributed by atoms with Crippen LogP contribution < -0.4 is 0 Å². The van der Waals surface area contributed by atoms with Gasteiger partial charge in [-0.15, -0.1) is 12.4 Å². The molecule has 196 valence electrons. The summed E-state index contributed by atoms with van der Waals surface area (Å²) in [5, 5.41) is 0. The highest BCUT2D eigenvalue weighted by molar-refractivity contribution is 6.62. The van der Waals surface area contributed by atoms with Gasteiger partial charge in [0.25, 0.3) is 0 Å². The molecule has 0 amide bonds. The van der Waals surface area contributed by atoms with Gasteiger partial charge in [-0.3, -0.25) is 0 Å². The molecule has 0 aromatic carbocycles. The van der Waals surface area contributed by atoms with Crippen LogP contribution in [0.2, 0.25) is 5.54 Å². The summed E-state index contributed by atoms with van der Waals surface area (Å²) in [5.74, 6) is 0. The van der Waals surface area contributed by atoms with E-state index >= 15 is 0 Å². The first kappa shape index (κ1) is 34.5. The quantitative estimate of drug-likeness (QED) is 0.0995. The molecule has 0 bridgehead atoms. The Labute approximate surface area is 209 Å². The molecular formula is C26H58ClNO3Si. The molecule has 0 aromatic rings. The van der Waals surface area contributed by atoms with Gasteiger partial charge in [-0.25, -0.2) is 0 Å². The molecule has 0 saturated heterocycles. The molecule has 4 nitrogen and oxygen atoms in total. The highest BCUT2D eigenvalue weighted by Crippen LogP contribution is 2.33.